The second-order valence-corrected chi connectivity index (χ2v) is 9.04. The van der Waals surface area contributed by atoms with Crippen molar-refractivity contribution in [2.24, 2.45) is 28.6 Å². The molecule has 3 rings (SSSR count). The van der Waals surface area contributed by atoms with Crippen LogP contribution in [0.15, 0.2) is 48.6 Å². The summed E-state index contributed by atoms with van der Waals surface area (Å²) in [5.41, 5.74) is 1.19. The number of Topliss-reactive ketones (excluding diaryl/α,β-unsaturated/α-hetero) is 1. The molecule has 0 aliphatic heterocycles. The number of hydrogen-bond acceptors (Lipinski definition) is 3. The number of ether oxygens (including phenoxy) is 1. The van der Waals surface area contributed by atoms with Crippen LogP contribution in [0.4, 0.5) is 0 Å². The van der Waals surface area contributed by atoms with Crippen molar-refractivity contribution >= 4 is 17.3 Å². The Labute approximate surface area is 168 Å². The molecule has 150 valence electrons. The third kappa shape index (κ3) is 3.59. The van der Waals surface area contributed by atoms with E-state index in [0.29, 0.717) is 13.0 Å². The largest absolute Gasteiger partial charge is 0.465 e. The molecule has 2 aliphatic rings. The highest BCUT2D eigenvalue weighted by Gasteiger charge is 2.57. The summed E-state index contributed by atoms with van der Waals surface area (Å²) in [5, 5.41) is 0. The number of ketones is 1. The van der Waals surface area contributed by atoms with Crippen molar-refractivity contribution < 1.29 is 14.3 Å². The van der Waals surface area contributed by atoms with E-state index < -0.39 is 5.41 Å². The number of allylic oxidation sites excluding steroid dienone is 2. The van der Waals surface area contributed by atoms with Gasteiger partial charge in [-0.2, -0.15) is 0 Å². The van der Waals surface area contributed by atoms with Crippen LogP contribution < -0.4 is 0 Å². The molecule has 1 aromatic carbocycles. The van der Waals surface area contributed by atoms with Crippen molar-refractivity contribution in [1.29, 1.82) is 0 Å². The maximum atomic E-state index is 13.3. The van der Waals surface area contributed by atoms with Crippen molar-refractivity contribution in [1.82, 2.24) is 0 Å². The van der Waals surface area contributed by atoms with Crippen LogP contribution >= 0.6 is 0 Å². The van der Waals surface area contributed by atoms with Gasteiger partial charge in [-0.15, -0.1) is 0 Å². The van der Waals surface area contributed by atoms with Crippen molar-refractivity contribution in [2.75, 3.05) is 6.61 Å². The number of benzene rings is 1. The first-order chi connectivity index (χ1) is 13.2. The van der Waals surface area contributed by atoms with Crippen molar-refractivity contribution in [2.45, 2.75) is 47.5 Å². The van der Waals surface area contributed by atoms with E-state index in [9.17, 15) is 9.59 Å². The van der Waals surface area contributed by atoms with Crippen LogP contribution in [-0.2, 0) is 14.3 Å². The summed E-state index contributed by atoms with van der Waals surface area (Å²) in [6.07, 6.45) is 7.64. The number of esters is 1. The molecule has 0 radical (unpaired) electrons. The molecular weight excluding hydrogens is 348 g/mol. The van der Waals surface area contributed by atoms with E-state index in [4.69, 9.17) is 4.74 Å². The van der Waals surface area contributed by atoms with Crippen LogP contribution in [0.1, 0.15) is 53.0 Å². The molecule has 3 nitrogen and oxygen atoms in total. The molecule has 28 heavy (non-hydrogen) atoms. The Balaban J connectivity index is 1.82. The summed E-state index contributed by atoms with van der Waals surface area (Å²) in [5.74, 6) is 0.111. The Kier molecular flexibility index (Phi) is 5.65. The zero-order valence-corrected chi connectivity index (χ0v) is 17.7. The number of hydrogen-bond donors (Lipinski definition) is 0. The van der Waals surface area contributed by atoms with E-state index in [1.807, 2.05) is 50.3 Å². The normalized spacial score (nSPS) is 29.0. The summed E-state index contributed by atoms with van der Waals surface area (Å²) >= 11 is 0. The van der Waals surface area contributed by atoms with Gasteiger partial charge in [0, 0.05) is 12.3 Å². The Hall–Kier alpha value is -2.16. The summed E-state index contributed by atoms with van der Waals surface area (Å²) < 4.78 is 5.42. The lowest BCUT2D eigenvalue weighted by Crippen LogP contribution is -2.39. The lowest BCUT2D eigenvalue weighted by atomic mass is 9.64. The Morgan fingerprint density at radius 3 is 2.50 bits per heavy atom. The Bertz CT molecular complexity index is 802. The van der Waals surface area contributed by atoms with E-state index >= 15 is 0 Å². The molecule has 0 aromatic heterocycles. The van der Waals surface area contributed by atoms with E-state index in [1.54, 1.807) is 0 Å². The summed E-state index contributed by atoms with van der Waals surface area (Å²) in [6.45, 7) is 10.6. The fraction of sp³-hybridized carbons (Fsp3) is 0.520. The maximum absolute atomic E-state index is 13.3. The average molecular weight is 381 g/mol. The second-order valence-electron chi connectivity index (χ2n) is 9.04. The van der Waals surface area contributed by atoms with Crippen LogP contribution in [0.2, 0.25) is 0 Å². The third-order valence-electron chi connectivity index (χ3n) is 6.52. The van der Waals surface area contributed by atoms with Gasteiger partial charge >= 0.3 is 5.97 Å². The SMILES string of the molecule is CCOC(=O)C1(C(C)CC(=O)C2C(C)C=CCC2(C)C)C=C1c1ccccc1. The summed E-state index contributed by atoms with van der Waals surface area (Å²) in [7, 11) is 0. The molecule has 0 N–H and O–H groups in total. The number of carbonyl (C=O) groups is 2. The van der Waals surface area contributed by atoms with Crippen molar-refractivity contribution in [3.05, 3.63) is 54.1 Å². The first-order valence-corrected chi connectivity index (χ1v) is 10.4. The van der Waals surface area contributed by atoms with Gasteiger partial charge in [0.2, 0.25) is 0 Å². The zero-order chi connectivity index (χ0) is 20.5. The van der Waals surface area contributed by atoms with Gasteiger partial charge in [0.25, 0.3) is 0 Å². The van der Waals surface area contributed by atoms with Crippen LogP contribution in [-0.4, -0.2) is 18.4 Å². The molecule has 4 atom stereocenters. The highest BCUT2D eigenvalue weighted by Crippen LogP contribution is 2.58. The molecule has 0 heterocycles. The molecule has 0 bridgehead atoms. The minimum atomic E-state index is -0.773. The van der Waals surface area contributed by atoms with Gasteiger partial charge in [-0.3, -0.25) is 9.59 Å². The molecule has 0 saturated heterocycles. The number of carbonyl (C=O) groups excluding carboxylic acids is 2. The minimum absolute atomic E-state index is 0.0156. The number of rotatable bonds is 7. The van der Waals surface area contributed by atoms with Gasteiger partial charge in [0.1, 0.15) is 11.2 Å². The first kappa shape index (κ1) is 20.6. The third-order valence-corrected chi connectivity index (χ3v) is 6.52. The van der Waals surface area contributed by atoms with E-state index in [-0.39, 0.29) is 34.9 Å². The van der Waals surface area contributed by atoms with Gasteiger partial charge in [0.05, 0.1) is 6.61 Å². The van der Waals surface area contributed by atoms with Crippen LogP contribution in [0.5, 0.6) is 0 Å². The van der Waals surface area contributed by atoms with E-state index in [0.717, 1.165) is 17.6 Å². The van der Waals surface area contributed by atoms with Crippen LogP contribution in [0.3, 0.4) is 0 Å². The molecule has 2 aliphatic carbocycles. The van der Waals surface area contributed by atoms with E-state index in [1.165, 1.54) is 0 Å². The molecule has 1 aromatic rings. The van der Waals surface area contributed by atoms with E-state index in [2.05, 4.69) is 32.9 Å². The fourth-order valence-electron chi connectivity index (χ4n) is 5.01. The molecule has 4 unspecified atom stereocenters. The minimum Gasteiger partial charge on any atom is -0.465 e. The predicted octanol–water partition coefficient (Wildman–Crippen LogP) is 5.47. The lowest BCUT2D eigenvalue weighted by Gasteiger charge is -2.39. The first-order valence-electron chi connectivity index (χ1n) is 10.4. The van der Waals surface area contributed by atoms with Crippen LogP contribution in [0.25, 0.3) is 5.57 Å². The fourth-order valence-corrected chi connectivity index (χ4v) is 5.01. The predicted molar refractivity (Wildman–Crippen MR) is 112 cm³/mol. The van der Waals surface area contributed by atoms with Crippen molar-refractivity contribution in [3.63, 3.8) is 0 Å². The summed E-state index contributed by atoms with van der Waals surface area (Å²) in [6, 6.07) is 9.93. The molecule has 0 fully saturated rings. The van der Waals surface area contributed by atoms with Gasteiger partial charge in [-0.25, -0.2) is 0 Å². The highest BCUT2D eigenvalue weighted by molar-refractivity contribution is 6.06. The Morgan fingerprint density at radius 1 is 1.21 bits per heavy atom. The van der Waals surface area contributed by atoms with Gasteiger partial charge in [-0.05, 0) is 41.7 Å². The second kappa shape index (κ2) is 7.69. The molecule has 0 amide bonds. The molecule has 0 saturated carbocycles. The lowest BCUT2D eigenvalue weighted by molar-refractivity contribution is -0.150. The van der Waals surface area contributed by atoms with Crippen LogP contribution in [0, 0.1) is 28.6 Å². The zero-order valence-electron chi connectivity index (χ0n) is 17.7. The monoisotopic (exact) mass is 380 g/mol. The quantitative estimate of drug-likeness (QED) is 0.465. The maximum Gasteiger partial charge on any atom is 0.320 e. The molecule has 3 heteroatoms. The van der Waals surface area contributed by atoms with Gasteiger partial charge in [-0.1, -0.05) is 76.3 Å². The highest BCUT2D eigenvalue weighted by atomic mass is 16.5. The smallest absolute Gasteiger partial charge is 0.320 e. The standard InChI is InChI=1S/C25H32O3/c1-6-28-23(27)25(16-20(25)19-12-8-7-9-13-19)18(3)15-21(26)22-17(2)11-10-14-24(22,4)5/h7-13,16-18,22H,6,14-15H2,1-5H3. The van der Waals surface area contributed by atoms with Gasteiger partial charge in [0.15, 0.2) is 0 Å². The van der Waals surface area contributed by atoms with Crippen molar-refractivity contribution in [3.8, 4) is 0 Å². The summed E-state index contributed by atoms with van der Waals surface area (Å²) in [4.78, 5) is 26.2. The molecule has 0 spiro atoms. The Morgan fingerprint density at radius 2 is 1.89 bits per heavy atom. The van der Waals surface area contributed by atoms with Gasteiger partial charge < -0.3 is 4.74 Å². The topological polar surface area (TPSA) is 43.4 Å². The molecular formula is C25H32O3. The average Bonchev–Trinajstić information content (AvgIpc) is 3.39.